The third-order valence-electron chi connectivity index (χ3n) is 14.1. The van der Waals surface area contributed by atoms with Gasteiger partial charge in [0, 0.05) is 16.7 Å². The normalized spacial score (nSPS) is 29.5. The van der Waals surface area contributed by atoms with Gasteiger partial charge in [0.2, 0.25) is 0 Å². The molecule has 4 fully saturated rings. The van der Waals surface area contributed by atoms with Crippen LogP contribution in [0.5, 0.6) is 0 Å². The molecule has 4 aliphatic rings. The van der Waals surface area contributed by atoms with Crippen molar-refractivity contribution < 1.29 is 0 Å². The van der Waals surface area contributed by atoms with E-state index in [0.717, 1.165) is 63.3 Å². The standard InChI is InChI=1S/C51H53N5/c1-32-17-36-18-33(2)25-50(24-32,28-36)45-13-9-42(10-14-45)48-54-47(41-7-5-40(6-8-41)44-22-38(30-52)21-39(23-44)31-53)55-49(56-48)43-11-15-46(16-12-43)51-26-34(3)19-37(29-51)20-35(4)27-51/h5-16,21-23,32-37H,17-20,24-29H2,1-4H3/t32-,33+,34-,35+,36-,37-,50?,51?. The summed E-state index contributed by atoms with van der Waals surface area (Å²) in [5.74, 6) is 6.71. The smallest absolute Gasteiger partial charge is 0.164 e. The summed E-state index contributed by atoms with van der Waals surface area (Å²) in [6.07, 6.45) is 13.2. The fourth-order valence-electron chi connectivity index (χ4n) is 12.6. The van der Waals surface area contributed by atoms with Gasteiger partial charge in [-0.2, -0.15) is 10.5 Å². The number of nitriles is 2. The maximum atomic E-state index is 9.56. The molecule has 4 aliphatic carbocycles. The molecule has 0 amide bonds. The number of rotatable bonds is 6. The predicted molar refractivity (Wildman–Crippen MR) is 224 cm³/mol. The molecule has 0 spiro atoms. The summed E-state index contributed by atoms with van der Waals surface area (Å²) in [5, 5.41) is 19.1. The van der Waals surface area contributed by atoms with E-state index in [2.05, 4.69) is 88.4 Å². The average Bonchev–Trinajstić information content (AvgIpc) is 3.19. The minimum absolute atomic E-state index is 0.268. The van der Waals surface area contributed by atoms with Gasteiger partial charge in [0.05, 0.1) is 23.3 Å². The van der Waals surface area contributed by atoms with Crippen LogP contribution in [0.1, 0.15) is 114 Å². The quantitative estimate of drug-likeness (QED) is 0.173. The first-order valence-electron chi connectivity index (χ1n) is 21.1. The fourth-order valence-corrected chi connectivity index (χ4v) is 12.6. The molecule has 4 bridgehead atoms. The molecule has 5 nitrogen and oxygen atoms in total. The molecule has 2 unspecified atom stereocenters. The molecule has 5 heteroatoms. The Morgan fingerprint density at radius 2 is 0.750 bits per heavy atom. The zero-order valence-electron chi connectivity index (χ0n) is 33.4. The molecule has 0 saturated heterocycles. The number of nitrogens with zero attached hydrogens (tertiary/aromatic N) is 5. The van der Waals surface area contributed by atoms with Gasteiger partial charge in [-0.3, -0.25) is 0 Å². The maximum absolute atomic E-state index is 9.56. The first-order valence-corrected chi connectivity index (χ1v) is 21.1. The Morgan fingerprint density at radius 1 is 0.429 bits per heavy atom. The van der Waals surface area contributed by atoms with Crippen molar-refractivity contribution >= 4 is 0 Å². The summed E-state index contributed by atoms with van der Waals surface area (Å²) in [6.45, 7) is 9.81. The Morgan fingerprint density at radius 3 is 1.09 bits per heavy atom. The van der Waals surface area contributed by atoms with Gasteiger partial charge < -0.3 is 0 Å². The largest absolute Gasteiger partial charge is 0.208 e. The molecule has 0 N–H and O–H groups in total. The van der Waals surface area contributed by atoms with E-state index >= 15 is 0 Å². The van der Waals surface area contributed by atoms with E-state index in [4.69, 9.17) is 15.0 Å². The van der Waals surface area contributed by atoms with E-state index in [-0.39, 0.29) is 10.8 Å². The van der Waals surface area contributed by atoms with Crippen LogP contribution in [0.2, 0.25) is 0 Å². The molecule has 8 atom stereocenters. The number of hydrogen-bond acceptors (Lipinski definition) is 5. The molecule has 0 radical (unpaired) electrons. The minimum atomic E-state index is 0.268. The molecule has 1 aromatic heterocycles. The third-order valence-corrected chi connectivity index (χ3v) is 14.1. The molecule has 282 valence electrons. The van der Waals surface area contributed by atoms with Crippen LogP contribution in [0.15, 0.2) is 91.0 Å². The number of hydrogen-bond donors (Lipinski definition) is 0. The maximum Gasteiger partial charge on any atom is 0.164 e. The predicted octanol–water partition coefficient (Wildman–Crippen LogP) is 12.5. The van der Waals surface area contributed by atoms with Gasteiger partial charge in [-0.25, -0.2) is 15.0 Å². The summed E-state index contributed by atoms with van der Waals surface area (Å²) in [7, 11) is 0. The number of aromatic nitrogens is 3. The zero-order valence-corrected chi connectivity index (χ0v) is 33.4. The second-order valence-electron chi connectivity index (χ2n) is 18.9. The van der Waals surface area contributed by atoms with E-state index in [9.17, 15) is 10.5 Å². The van der Waals surface area contributed by atoms with E-state index in [1.54, 1.807) is 6.07 Å². The zero-order chi connectivity index (χ0) is 38.6. The topological polar surface area (TPSA) is 86.2 Å². The minimum Gasteiger partial charge on any atom is -0.208 e. The van der Waals surface area contributed by atoms with Gasteiger partial charge in [0.15, 0.2) is 17.5 Å². The monoisotopic (exact) mass is 735 g/mol. The Hall–Kier alpha value is -5.13. The Labute approximate surface area is 333 Å². The van der Waals surface area contributed by atoms with Gasteiger partial charge in [-0.1, -0.05) is 100 Å². The lowest BCUT2D eigenvalue weighted by Crippen LogP contribution is -2.42. The third kappa shape index (κ3) is 6.96. The number of benzene rings is 4. The van der Waals surface area contributed by atoms with E-state index in [1.165, 1.54) is 75.3 Å². The van der Waals surface area contributed by atoms with Crippen LogP contribution >= 0.6 is 0 Å². The molecule has 56 heavy (non-hydrogen) atoms. The molecule has 0 aliphatic heterocycles. The van der Waals surface area contributed by atoms with Crippen LogP contribution in [-0.4, -0.2) is 15.0 Å². The molecule has 1 heterocycles. The molecule has 9 rings (SSSR count). The van der Waals surface area contributed by atoms with Crippen LogP contribution in [0.4, 0.5) is 0 Å². The van der Waals surface area contributed by atoms with Gasteiger partial charge in [0.25, 0.3) is 0 Å². The highest BCUT2D eigenvalue weighted by Gasteiger charge is 2.46. The van der Waals surface area contributed by atoms with Crippen molar-refractivity contribution in [2.45, 2.75) is 103 Å². The van der Waals surface area contributed by atoms with Gasteiger partial charge >= 0.3 is 0 Å². The first-order chi connectivity index (χ1) is 27.1. The molecular weight excluding hydrogens is 683 g/mol. The van der Waals surface area contributed by atoms with Crippen molar-refractivity contribution in [3.05, 3.63) is 113 Å². The second kappa shape index (κ2) is 14.4. The van der Waals surface area contributed by atoms with Crippen molar-refractivity contribution in [2.75, 3.05) is 0 Å². The Balaban J connectivity index is 1.09. The van der Waals surface area contributed by atoms with Crippen LogP contribution in [0.3, 0.4) is 0 Å². The highest BCUT2D eigenvalue weighted by molar-refractivity contribution is 5.72. The summed E-state index contributed by atoms with van der Waals surface area (Å²) in [4.78, 5) is 15.4. The van der Waals surface area contributed by atoms with Crippen molar-refractivity contribution in [2.24, 2.45) is 35.5 Å². The van der Waals surface area contributed by atoms with Gasteiger partial charge in [0.1, 0.15) is 0 Å². The lowest BCUT2D eigenvalue weighted by molar-refractivity contribution is 0.0779. The first kappa shape index (κ1) is 36.5. The van der Waals surface area contributed by atoms with E-state index < -0.39 is 0 Å². The lowest BCUT2D eigenvalue weighted by Gasteiger charge is -2.50. The van der Waals surface area contributed by atoms with E-state index in [0.29, 0.717) is 28.6 Å². The summed E-state index contributed by atoms with van der Waals surface area (Å²) < 4.78 is 0. The Bertz CT molecular complexity index is 2150. The molecular formula is C51H53N5. The van der Waals surface area contributed by atoms with E-state index in [1.807, 2.05) is 36.4 Å². The average molecular weight is 736 g/mol. The van der Waals surface area contributed by atoms with Gasteiger partial charge in [-0.15, -0.1) is 0 Å². The fraction of sp³-hybridized carbons (Fsp3) is 0.431. The van der Waals surface area contributed by atoms with Crippen LogP contribution in [0.25, 0.3) is 45.3 Å². The van der Waals surface area contributed by atoms with Crippen molar-refractivity contribution in [3.8, 4) is 57.4 Å². The van der Waals surface area contributed by atoms with Crippen LogP contribution in [0, 0.1) is 58.2 Å². The summed E-state index contributed by atoms with van der Waals surface area (Å²) >= 11 is 0. The SMILES string of the molecule is C[C@@H]1C[C@@H]2C[C@H](C)CC(c3ccc(-c4nc(-c5ccc(-c6cc(C#N)cc(C#N)c6)cc5)nc(-c5ccc(C67C[C@H](C)C[C@H](C[C@H](C)C6)C7)cc5)n4)cc3)(C1)C2. The van der Waals surface area contributed by atoms with Gasteiger partial charge in [-0.05, 0) is 151 Å². The second-order valence-corrected chi connectivity index (χ2v) is 18.9. The van der Waals surface area contributed by atoms with Crippen LogP contribution in [-0.2, 0) is 10.8 Å². The van der Waals surface area contributed by atoms with Crippen molar-refractivity contribution in [1.29, 1.82) is 10.5 Å². The molecule has 4 aromatic carbocycles. The van der Waals surface area contributed by atoms with Crippen LogP contribution < -0.4 is 0 Å². The highest BCUT2D eigenvalue weighted by atomic mass is 15.0. The number of fused-ring (bicyclic) bond motifs is 4. The lowest BCUT2D eigenvalue weighted by atomic mass is 9.54. The summed E-state index contributed by atoms with van der Waals surface area (Å²) in [5.41, 5.74) is 9.07. The van der Waals surface area contributed by atoms with Crippen molar-refractivity contribution in [3.63, 3.8) is 0 Å². The highest BCUT2D eigenvalue weighted by Crippen LogP contribution is 2.55. The Kier molecular flexibility index (Phi) is 9.40. The molecule has 4 saturated carbocycles. The molecule has 5 aromatic rings. The summed E-state index contributed by atoms with van der Waals surface area (Å²) in [6, 6.07) is 36.2. The van der Waals surface area contributed by atoms with Crippen molar-refractivity contribution in [1.82, 2.24) is 15.0 Å².